The third-order valence-corrected chi connectivity index (χ3v) is 3.84. The summed E-state index contributed by atoms with van der Waals surface area (Å²) in [6, 6.07) is 3.59. The molecule has 6 nitrogen and oxygen atoms in total. The van der Waals surface area contributed by atoms with E-state index in [-0.39, 0.29) is 29.1 Å². The lowest BCUT2D eigenvalue weighted by Gasteiger charge is -2.26. The van der Waals surface area contributed by atoms with E-state index < -0.39 is 5.97 Å². The first-order valence-electron chi connectivity index (χ1n) is 7.09. The summed E-state index contributed by atoms with van der Waals surface area (Å²) in [5.74, 6) is -0.682. The van der Waals surface area contributed by atoms with E-state index in [1.165, 1.54) is 12.1 Å². The van der Waals surface area contributed by atoms with E-state index in [0.717, 1.165) is 31.7 Å². The van der Waals surface area contributed by atoms with Crippen LogP contribution in [-0.4, -0.2) is 28.3 Å². The molecule has 0 unspecified atom stereocenters. The van der Waals surface area contributed by atoms with Crippen LogP contribution in [0.5, 0.6) is 5.75 Å². The molecule has 0 atom stereocenters. The molecule has 0 heterocycles. The van der Waals surface area contributed by atoms with Crippen LogP contribution >= 0.6 is 0 Å². The molecule has 114 valence electrons. The van der Waals surface area contributed by atoms with Crippen LogP contribution in [0.25, 0.3) is 0 Å². The number of aromatic hydroxyl groups is 1. The van der Waals surface area contributed by atoms with E-state index in [2.05, 4.69) is 17.6 Å². The number of carbonyl (C=O) groups is 2. The summed E-state index contributed by atoms with van der Waals surface area (Å²) in [6.45, 7) is 2.21. The van der Waals surface area contributed by atoms with Gasteiger partial charge >= 0.3 is 12.0 Å². The second-order valence-electron chi connectivity index (χ2n) is 5.59. The molecule has 0 aromatic heterocycles. The third kappa shape index (κ3) is 4.11. The number of carboxylic acid groups (broad SMARTS) is 1. The normalized spacial score (nSPS) is 21.6. The summed E-state index contributed by atoms with van der Waals surface area (Å²) in [6.07, 6.45) is 4.12. The SMILES string of the molecule is CC1CCC(NC(=O)Nc2ccc(C(=O)O)cc2O)CC1. The van der Waals surface area contributed by atoms with Crippen LogP contribution in [0.15, 0.2) is 18.2 Å². The van der Waals surface area contributed by atoms with E-state index in [1.807, 2.05) is 0 Å². The molecule has 2 rings (SSSR count). The van der Waals surface area contributed by atoms with Gasteiger partial charge in [0.2, 0.25) is 0 Å². The second-order valence-corrected chi connectivity index (χ2v) is 5.59. The number of carbonyl (C=O) groups excluding carboxylic acids is 1. The first kappa shape index (κ1) is 15.2. The maximum atomic E-state index is 11.9. The topological polar surface area (TPSA) is 98.7 Å². The van der Waals surface area contributed by atoms with E-state index in [4.69, 9.17) is 5.11 Å². The molecule has 1 aliphatic carbocycles. The largest absolute Gasteiger partial charge is 0.506 e. The number of urea groups is 1. The maximum absolute atomic E-state index is 11.9. The molecule has 0 spiro atoms. The smallest absolute Gasteiger partial charge is 0.335 e. The van der Waals surface area contributed by atoms with Gasteiger partial charge in [-0.15, -0.1) is 0 Å². The number of benzene rings is 1. The zero-order valence-electron chi connectivity index (χ0n) is 11.9. The molecule has 1 aromatic carbocycles. The molecule has 2 amide bonds. The van der Waals surface area contributed by atoms with Gasteiger partial charge in [-0.3, -0.25) is 0 Å². The molecule has 1 aromatic rings. The Labute approximate surface area is 123 Å². The summed E-state index contributed by atoms with van der Waals surface area (Å²) < 4.78 is 0. The van der Waals surface area contributed by atoms with Crippen molar-refractivity contribution in [1.29, 1.82) is 0 Å². The standard InChI is InChI=1S/C15H20N2O4/c1-9-2-5-11(6-3-9)16-15(21)17-12-7-4-10(14(19)20)8-13(12)18/h4,7-9,11,18H,2-3,5-6H2,1H3,(H,19,20)(H2,16,17,21). The summed E-state index contributed by atoms with van der Waals surface area (Å²) in [7, 11) is 0. The van der Waals surface area contributed by atoms with Crippen molar-refractivity contribution in [1.82, 2.24) is 5.32 Å². The number of carboxylic acids is 1. The predicted molar refractivity (Wildman–Crippen MR) is 78.6 cm³/mol. The number of phenolic OH excluding ortho intramolecular Hbond substituents is 1. The van der Waals surface area contributed by atoms with Gasteiger partial charge in [0.25, 0.3) is 0 Å². The Morgan fingerprint density at radius 2 is 1.86 bits per heavy atom. The number of phenols is 1. The number of nitrogens with one attached hydrogen (secondary N) is 2. The van der Waals surface area contributed by atoms with Gasteiger partial charge in [-0.1, -0.05) is 6.92 Å². The molecule has 1 aliphatic rings. The number of hydrogen-bond acceptors (Lipinski definition) is 3. The molecular formula is C15H20N2O4. The van der Waals surface area contributed by atoms with Gasteiger partial charge in [0.15, 0.2) is 0 Å². The van der Waals surface area contributed by atoms with Gasteiger partial charge in [0.1, 0.15) is 5.75 Å². The van der Waals surface area contributed by atoms with Gasteiger partial charge in [-0.2, -0.15) is 0 Å². The molecule has 0 bridgehead atoms. The number of anilines is 1. The molecule has 1 saturated carbocycles. The average Bonchev–Trinajstić information content (AvgIpc) is 2.43. The quantitative estimate of drug-likeness (QED) is 0.644. The highest BCUT2D eigenvalue weighted by Gasteiger charge is 2.20. The van der Waals surface area contributed by atoms with E-state index in [1.54, 1.807) is 0 Å². The summed E-state index contributed by atoms with van der Waals surface area (Å²) in [5.41, 5.74) is 0.168. The Bertz CT molecular complexity index is 536. The Morgan fingerprint density at radius 3 is 2.43 bits per heavy atom. The molecule has 4 N–H and O–H groups in total. The van der Waals surface area contributed by atoms with Crippen molar-refractivity contribution in [3.63, 3.8) is 0 Å². The summed E-state index contributed by atoms with van der Waals surface area (Å²) >= 11 is 0. The van der Waals surface area contributed by atoms with Gasteiger partial charge < -0.3 is 20.8 Å². The van der Waals surface area contributed by atoms with Gasteiger partial charge in [0.05, 0.1) is 11.3 Å². The van der Waals surface area contributed by atoms with Crippen molar-refractivity contribution in [3.05, 3.63) is 23.8 Å². The van der Waals surface area contributed by atoms with E-state index in [0.29, 0.717) is 5.92 Å². The monoisotopic (exact) mass is 292 g/mol. The molecule has 0 radical (unpaired) electrons. The zero-order chi connectivity index (χ0) is 15.4. The van der Waals surface area contributed by atoms with Crippen molar-refractivity contribution in [2.24, 2.45) is 5.92 Å². The Morgan fingerprint density at radius 1 is 1.19 bits per heavy atom. The third-order valence-electron chi connectivity index (χ3n) is 3.84. The summed E-state index contributed by atoms with van der Waals surface area (Å²) in [4.78, 5) is 22.6. The Balaban J connectivity index is 1.92. The zero-order valence-corrected chi connectivity index (χ0v) is 11.9. The van der Waals surface area contributed by atoms with Crippen molar-refractivity contribution in [2.45, 2.75) is 38.6 Å². The van der Waals surface area contributed by atoms with Crippen molar-refractivity contribution in [3.8, 4) is 5.75 Å². The van der Waals surface area contributed by atoms with E-state index >= 15 is 0 Å². The minimum atomic E-state index is -1.13. The number of rotatable bonds is 3. The average molecular weight is 292 g/mol. The number of aromatic carboxylic acids is 1. The molecule has 21 heavy (non-hydrogen) atoms. The van der Waals surface area contributed by atoms with Crippen LogP contribution in [0.1, 0.15) is 43.0 Å². The highest BCUT2D eigenvalue weighted by atomic mass is 16.4. The lowest BCUT2D eigenvalue weighted by Crippen LogP contribution is -2.39. The highest BCUT2D eigenvalue weighted by Crippen LogP contribution is 2.25. The fraction of sp³-hybridized carbons (Fsp3) is 0.467. The lowest BCUT2D eigenvalue weighted by molar-refractivity contribution is 0.0696. The van der Waals surface area contributed by atoms with Crippen molar-refractivity contribution in [2.75, 3.05) is 5.32 Å². The number of amides is 2. The Kier molecular flexibility index (Phi) is 4.67. The minimum Gasteiger partial charge on any atom is -0.506 e. The second kappa shape index (κ2) is 6.47. The molecule has 0 saturated heterocycles. The van der Waals surface area contributed by atoms with Crippen LogP contribution in [-0.2, 0) is 0 Å². The summed E-state index contributed by atoms with van der Waals surface area (Å²) in [5, 5.41) is 23.9. The molecule has 1 fully saturated rings. The molecular weight excluding hydrogens is 272 g/mol. The molecule has 6 heteroatoms. The predicted octanol–water partition coefficient (Wildman–Crippen LogP) is 2.79. The van der Waals surface area contributed by atoms with Crippen LogP contribution in [0.2, 0.25) is 0 Å². The number of hydrogen-bond donors (Lipinski definition) is 4. The van der Waals surface area contributed by atoms with Crippen molar-refractivity contribution < 1.29 is 19.8 Å². The van der Waals surface area contributed by atoms with Gasteiger partial charge in [-0.05, 0) is 49.8 Å². The van der Waals surface area contributed by atoms with Crippen LogP contribution in [0.3, 0.4) is 0 Å². The van der Waals surface area contributed by atoms with Gasteiger partial charge in [-0.25, -0.2) is 9.59 Å². The van der Waals surface area contributed by atoms with Crippen LogP contribution in [0, 0.1) is 5.92 Å². The van der Waals surface area contributed by atoms with Gasteiger partial charge in [0, 0.05) is 6.04 Å². The lowest BCUT2D eigenvalue weighted by atomic mass is 9.87. The fourth-order valence-corrected chi connectivity index (χ4v) is 2.52. The first-order valence-corrected chi connectivity index (χ1v) is 7.09. The van der Waals surface area contributed by atoms with Crippen molar-refractivity contribution >= 4 is 17.7 Å². The minimum absolute atomic E-state index is 0.0280. The van der Waals surface area contributed by atoms with Crippen LogP contribution < -0.4 is 10.6 Å². The van der Waals surface area contributed by atoms with E-state index in [9.17, 15) is 14.7 Å². The Hall–Kier alpha value is -2.24. The highest BCUT2D eigenvalue weighted by molar-refractivity contribution is 5.93. The van der Waals surface area contributed by atoms with Crippen LogP contribution in [0.4, 0.5) is 10.5 Å². The molecule has 0 aliphatic heterocycles. The maximum Gasteiger partial charge on any atom is 0.335 e. The first-order chi connectivity index (χ1) is 9.95. The fourth-order valence-electron chi connectivity index (χ4n) is 2.52.